The molecule has 0 spiro atoms. The van der Waals surface area contributed by atoms with Gasteiger partial charge in [0.1, 0.15) is 9.90 Å². The van der Waals surface area contributed by atoms with Gasteiger partial charge in [0.25, 0.3) is 5.56 Å². The van der Waals surface area contributed by atoms with Crippen molar-refractivity contribution in [2.24, 2.45) is 0 Å². The Kier molecular flexibility index (Phi) is 5.22. The minimum absolute atomic E-state index is 0.0610. The second-order valence-corrected chi connectivity index (χ2v) is 7.76. The topological polar surface area (TPSA) is 54.3 Å². The van der Waals surface area contributed by atoms with Gasteiger partial charge in [-0.15, -0.1) is 0 Å². The summed E-state index contributed by atoms with van der Waals surface area (Å²) in [4.78, 5) is 19.5. The average molecular weight is 442 g/mol. The maximum absolute atomic E-state index is 12.8. The molecule has 152 valence electrons. The quantitative estimate of drug-likeness (QED) is 0.620. The van der Waals surface area contributed by atoms with Crippen LogP contribution in [0.3, 0.4) is 0 Å². The van der Waals surface area contributed by atoms with Gasteiger partial charge in [-0.1, -0.05) is 41.1 Å². The van der Waals surface area contributed by atoms with Gasteiger partial charge in [0.15, 0.2) is 5.13 Å². The first-order valence-corrected chi connectivity index (χ1v) is 9.90. The van der Waals surface area contributed by atoms with Crippen LogP contribution in [0, 0.1) is 0 Å². The predicted molar refractivity (Wildman–Crippen MR) is 106 cm³/mol. The second kappa shape index (κ2) is 7.68. The van der Waals surface area contributed by atoms with Gasteiger partial charge < -0.3 is 9.80 Å². The molecule has 0 radical (unpaired) electrons. The van der Waals surface area contributed by atoms with E-state index in [2.05, 4.69) is 10.1 Å². The summed E-state index contributed by atoms with van der Waals surface area (Å²) < 4.78 is 39.6. The minimum Gasteiger partial charge on any atom is -0.365 e. The molecule has 1 aromatic carbocycles. The highest BCUT2D eigenvalue weighted by atomic mass is 35.5. The summed E-state index contributed by atoms with van der Waals surface area (Å²) in [6, 6.07) is 8.95. The molecular formula is C18H15ClF3N5OS. The van der Waals surface area contributed by atoms with Gasteiger partial charge >= 0.3 is 6.18 Å². The molecule has 1 aliphatic rings. The summed E-state index contributed by atoms with van der Waals surface area (Å²) in [6.07, 6.45) is -1.99. The Labute approximate surface area is 172 Å². The molecule has 6 nitrogen and oxygen atoms in total. The van der Waals surface area contributed by atoms with E-state index in [4.69, 9.17) is 11.6 Å². The summed E-state index contributed by atoms with van der Waals surface area (Å²) in [5.41, 5.74) is 0.700. The zero-order valence-corrected chi connectivity index (χ0v) is 16.5. The third-order valence-electron chi connectivity index (χ3n) is 4.57. The van der Waals surface area contributed by atoms with E-state index in [0.29, 0.717) is 54.0 Å². The normalized spacial score (nSPS) is 15.0. The van der Waals surface area contributed by atoms with Crippen molar-refractivity contribution in [1.82, 2.24) is 14.8 Å². The molecule has 0 unspecified atom stereocenters. The van der Waals surface area contributed by atoms with Crippen LogP contribution in [-0.2, 0) is 6.18 Å². The number of alkyl halides is 3. The highest BCUT2D eigenvalue weighted by Gasteiger charge is 2.34. The first-order valence-electron chi connectivity index (χ1n) is 8.71. The molecule has 0 saturated carbocycles. The number of thiazole rings is 1. The Hall–Kier alpha value is -2.59. The molecular weight excluding hydrogens is 427 g/mol. The molecule has 3 aromatic rings. The van der Waals surface area contributed by atoms with E-state index in [0.717, 1.165) is 6.20 Å². The number of piperazine rings is 1. The first kappa shape index (κ1) is 19.7. The standard InChI is InChI=1S/C18H15ClF3N5OS/c19-15-13(10-24-27(16(15)28)12-4-2-1-3-5-12)25-6-8-26(9-7-25)17-23-11-14(29-17)18(20,21)22/h1-5,10-11H,6-9H2. The van der Waals surface area contributed by atoms with E-state index in [9.17, 15) is 18.0 Å². The Morgan fingerprint density at radius 3 is 2.28 bits per heavy atom. The van der Waals surface area contributed by atoms with Crippen LogP contribution in [0.2, 0.25) is 5.02 Å². The number of rotatable bonds is 3. The van der Waals surface area contributed by atoms with Crippen LogP contribution in [0.4, 0.5) is 24.0 Å². The fourth-order valence-electron chi connectivity index (χ4n) is 3.08. The van der Waals surface area contributed by atoms with Crippen molar-refractivity contribution in [1.29, 1.82) is 0 Å². The lowest BCUT2D eigenvalue weighted by Crippen LogP contribution is -2.47. The summed E-state index contributed by atoms with van der Waals surface area (Å²) in [6.45, 7) is 1.89. The number of para-hydroxylation sites is 1. The van der Waals surface area contributed by atoms with E-state index in [1.54, 1.807) is 29.2 Å². The first-order chi connectivity index (χ1) is 13.8. The van der Waals surface area contributed by atoms with Crippen molar-refractivity contribution >= 4 is 33.8 Å². The number of benzene rings is 1. The second-order valence-electron chi connectivity index (χ2n) is 6.38. The van der Waals surface area contributed by atoms with Crippen molar-refractivity contribution in [3.8, 4) is 5.69 Å². The predicted octanol–water partition coefficient (Wildman–Crippen LogP) is 3.69. The number of hydrogen-bond acceptors (Lipinski definition) is 6. The molecule has 0 atom stereocenters. The van der Waals surface area contributed by atoms with Crippen molar-refractivity contribution in [3.05, 3.63) is 63.0 Å². The van der Waals surface area contributed by atoms with Gasteiger partial charge in [-0.25, -0.2) is 4.98 Å². The molecule has 0 amide bonds. The van der Waals surface area contributed by atoms with Crippen LogP contribution in [0.1, 0.15) is 4.88 Å². The van der Waals surface area contributed by atoms with Gasteiger partial charge in [-0.2, -0.15) is 23.0 Å². The lowest BCUT2D eigenvalue weighted by Gasteiger charge is -2.36. The van der Waals surface area contributed by atoms with Crippen LogP contribution in [-0.4, -0.2) is 40.9 Å². The fraction of sp³-hybridized carbons (Fsp3) is 0.278. The number of hydrogen-bond donors (Lipinski definition) is 0. The molecule has 4 rings (SSSR count). The molecule has 3 heterocycles. The molecule has 2 aromatic heterocycles. The lowest BCUT2D eigenvalue weighted by molar-refractivity contribution is -0.134. The minimum atomic E-state index is -4.39. The Morgan fingerprint density at radius 2 is 1.66 bits per heavy atom. The zero-order chi connectivity index (χ0) is 20.6. The summed E-state index contributed by atoms with van der Waals surface area (Å²) >= 11 is 6.95. The van der Waals surface area contributed by atoms with Gasteiger partial charge in [0.2, 0.25) is 0 Å². The van der Waals surface area contributed by atoms with E-state index < -0.39 is 16.6 Å². The number of anilines is 2. The molecule has 0 aliphatic carbocycles. The molecule has 1 aliphatic heterocycles. The van der Waals surface area contributed by atoms with Crippen molar-refractivity contribution in [2.45, 2.75) is 6.18 Å². The van der Waals surface area contributed by atoms with Crippen molar-refractivity contribution in [3.63, 3.8) is 0 Å². The Bertz CT molecular complexity index is 1060. The fourth-order valence-corrected chi connectivity index (χ4v) is 4.16. The van der Waals surface area contributed by atoms with Gasteiger partial charge in [-0.3, -0.25) is 4.79 Å². The van der Waals surface area contributed by atoms with E-state index in [-0.39, 0.29) is 5.02 Å². The van der Waals surface area contributed by atoms with Crippen LogP contribution < -0.4 is 15.4 Å². The molecule has 11 heteroatoms. The van der Waals surface area contributed by atoms with Gasteiger partial charge in [-0.05, 0) is 12.1 Å². The van der Waals surface area contributed by atoms with Gasteiger partial charge in [0.05, 0.1) is 23.8 Å². The van der Waals surface area contributed by atoms with E-state index in [1.807, 2.05) is 11.0 Å². The molecule has 1 saturated heterocycles. The highest BCUT2D eigenvalue weighted by molar-refractivity contribution is 7.15. The molecule has 0 N–H and O–H groups in total. The van der Waals surface area contributed by atoms with Crippen LogP contribution in [0.25, 0.3) is 5.69 Å². The third-order valence-corrected chi connectivity index (χ3v) is 6.02. The smallest absolute Gasteiger partial charge is 0.365 e. The molecule has 29 heavy (non-hydrogen) atoms. The van der Waals surface area contributed by atoms with E-state index in [1.165, 1.54) is 10.9 Å². The maximum Gasteiger partial charge on any atom is 0.427 e. The summed E-state index contributed by atoms with van der Waals surface area (Å²) in [5.74, 6) is 0. The molecule has 0 bridgehead atoms. The number of halogens is 4. The summed E-state index contributed by atoms with van der Waals surface area (Å²) in [5, 5.41) is 4.62. The van der Waals surface area contributed by atoms with Crippen LogP contribution in [0.15, 0.2) is 47.5 Å². The average Bonchev–Trinajstić information content (AvgIpc) is 3.22. The number of aromatic nitrogens is 3. The van der Waals surface area contributed by atoms with Crippen LogP contribution >= 0.6 is 22.9 Å². The Morgan fingerprint density at radius 1 is 1.00 bits per heavy atom. The monoisotopic (exact) mass is 441 g/mol. The van der Waals surface area contributed by atoms with Crippen molar-refractivity contribution < 1.29 is 13.2 Å². The highest BCUT2D eigenvalue weighted by Crippen LogP contribution is 2.36. The lowest BCUT2D eigenvalue weighted by atomic mass is 10.3. The largest absolute Gasteiger partial charge is 0.427 e. The summed E-state index contributed by atoms with van der Waals surface area (Å²) in [7, 11) is 0. The zero-order valence-electron chi connectivity index (χ0n) is 14.9. The SMILES string of the molecule is O=c1c(Cl)c(N2CCN(c3ncc(C(F)(F)F)s3)CC2)cnn1-c1ccccc1. The van der Waals surface area contributed by atoms with Crippen LogP contribution in [0.5, 0.6) is 0 Å². The third kappa shape index (κ3) is 3.95. The molecule has 1 fully saturated rings. The number of nitrogens with zero attached hydrogens (tertiary/aromatic N) is 5. The van der Waals surface area contributed by atoms with E-state index >= 15 is 0 Å². The van der Waals surface area contributed by atoms with Crippen molar-refractivity contribution in [2.75, 3.05) is 36.0 Å². The maximum atomic E-state index is 12.8. The Balaban J connectivity index is 1.50. The van der Waals surface area contributed by atoms with Gasteiger partial charge in [0, 0.05) is 26.2 Å².